The van der Waals surface area contributed by atoms with Gasteiger partial charge in [0.15, 0.2) is 11.5 Å². The van der Waals surface area contributed by atoms with Crippen LogP contribution < -0.4 is 14.2 Å². The van der Waals surface area contributed by atoms with Crippen LogP contribution in [0.5, 0.6) is 17.2 Å². The topological polar surface area (TPSA) is 47.9 Å². The van der Waals surface area contributed by atoms with E-state index in [9.17, 15) is 5.11 Å². The second-order valence-electron chi connectivity index (χ2n) is 4.76. The second kappa shape index (κ2) is 6.50. The highest BCUT2D eigenvalue weighted by Gasteiger charge is 2.19. The van der Waals surface area contributed by atoms with Gasteiger partial charge in [-0.05, 0) is 18.6 Å². The summed E-state index contributed by atoms with van der Waals surface area (Å²) in [5.41, 5.74) is 2.58. The number of benzene rings is 2. The van der Waals surface area contributed by atoms with Gasteiger partial charge in [0.05, 0.1) is 21.3 Å². The monoisotopic (exact) mass is 288 g/mol. The molecule has 0 heterocycles. The number of aliphatic hydroxyl groups is 1. The van der Waals surface area contributed by atoms with Crippen LogP contribution >= 0.6 is 0 Å². The molecule has 1 atom stereocenters. The quantitative estimate of drug-likeness (QED) is 0.918. The largest absolute Gasteiger partial charge is 0.496 e. The van der Waals surface area contributed by atoms with Crippen LogP contribution in [0.1, 0.15) is 22.8 Å². The van der Waals surface area contributed by atoms with Crippen molar-refractivity contribution in [2.45, 2.75) is 13.0 Å². The van der Waals surface area contributed by atoms with Gasteiger partial charge in [0.1, 0.15) is 11.9 Å². The summed E-state index contributed by atoms with van der Waals surface area (Å²) >= 11 is 0. The summed E-state index contributed by atoms with van der Waals surface area (Å²) in [5.74, 6) is 1.68. The zero-order chi connectivity index (χ0) is 15.4. The van der Waals surface area contributed by atoms with Crippen LogP contribution in [0.2, 0.25) is 0 Å². The number of methoxy groups -OCH3 is 3. The fraction of sp³-hybridized carbons (Fsp3) is 0.294. The molecule has 1 unspecified atom stereocenters. The third-order valence-corrected chi connectivity index (χ3v) is 3.42. The minimum atomic E-state index is -0.791. The van der Waals surface area contributed by atoms with E-state index in [4.69, 9.17) is 14.2 Å². The molecule has 4 nitrogen and oxygen atoms in total. The minimum Gasteiger partial charge on any atom is -0.496 e. The predicted molar refractivity (Wildman–Crippen MR) is 81.3 cm³/mol. The number of ether oxygens (including phenoxy) is 3. The van der Waals surface area contributed by atoms with E-state index in [0.29, 0.717) is 22.8 Å². The highest BCUT2D eigenvalue weighted by atomic mass is 16.5. The van der Waals surface area contributed by atoms with E-state index in [-0.39, 0.29) is 0 Å². The summed E-state index contributed by atoms with van der Waals surface area (Å²) in [4.78, 5) is 0. The first-order valence-corrected chi connectivity index (χ1v) is 6.65. The molecule has 0 aliphatic heterocycles. The zero-order valence-corrected chi connectivity index (χ0v) is 12.7. The van der Waals surface area contributed by atoms with E-state index in [2.05, 4.69) is 0 Å². The molecule has 0 amide bonds. The molecule has 0 aliphatic carbocycles. The van der Waals surface area contributed by atoms with Gasteiger partial charge in [0.25, 0.3) is 0 Å². The Labute approximate surface area is 124 Å². The van der Waals surface area contributed by atoms with Crippen molar-refractivity contribution < 1.29 is 19.3 Å². The summed E-state index contributed by atoms with van der Waals surface area (Å²) in [7, 11) is 4.69. The molecule has 0 saturated carbocycles. The molecule has 0 spiro atoms. The fourth-order valence-electron chi connectivity index (χ4n) is 2.19. The standard InChI is InChI=1S/C17H20O4/c1-11-5-7-12(8-6-11)17(18)13-9-15(20-3)16(21-4)10-14(13)19-2/h5-10,17-18H,1-4H3. The van der Waals surface area contributed by atoms with Crippen LogP contribution in [-0.2, 0) is 0 Å². The zero-order valence-electron chi connectivity index (χ0n) is 12.7. The Hall–Kier alpha value is -2.20. The Kier molecular flexibility index (Phi) is 4.70. The van der Waals surface area contributed by atoms with E-state index in [1.807, 2.05) is 31.2 Å². The number of hydrogen-bond acceptors (Lipinski definition) is 4. The van der Waals surface area contributed by atoms with Crippen molar-refractivity contribution in [3.8, 4) is 17.2 Å². The van der Waals surface area contributed by atoms with Gasteiger partial charge in [-0.15, -0.1) is 0 Å². The summed E-state index contributed by atoms with van der Waals surface area (Å²) in [6, 6.07) is 11.2. The van der Waals surface area contributed by atoms with Crippen LogP contribution in [0.4, 0.5) is 0 Å². The Balaban J connectivity index is 2.48. The van der Waals surface area contributed by atoms with E-state index in [1.165, 1.54) is 0 Å². The average molecular weight is 288 g/mol. The molecular weight excluding hydrogens is 268 g/mol. The van der Waals surface area contributed by atoms with E-state index < -0.39 is 6.10 Å². The lowest BCUT2D eigenvalue weighted by Gasteiger charge is -2.18. The van der Waals surface area contributed by atoms with Crippen LogP contribution in [0.25, 0.3) is 0 Å². The SMILES string of the molecule is COc1cc(OC)c(C(O)c2ccc(C)cc2)cc1OC. The van der Waals surface area contributed by atoms with Gasteiger partial charge >= 0.3 is 0 Å². The molecule has 4 heteroatoms. The Morgan fingerprint density at radius 1 is 0.810 bits per heavy atom. The first kappa shape index (κ1) is 15.2. The molecule has 2 aromatic rings. The fourth-order valence-corrected chi connectivity index (χ4v) is 2.19. The van der Waals surface area contributed by atoms with Crippen LogP contribution in [0, 0.1) is 6.92 Å². The lowest BCUT2D eigenvalue weighted by molar-refractivity contribution is 0.213. The highest BCUT2D eigenvalue weighted by Crippen LogP contribution is 2.39. The molecule has 21 heavy (non-hydrogen) atoms. The maximum atomic E-state index is 10.6. The number of aryl methyl sites for hydroxylation is 1. The van der Waals surface area contributed by atoms with E-state index in [0.717, 1.165) is 11.1 Å². The van der Waals surface area contributed by atoms with Crippen LogP contribution in [0.15, 0.2) is 36.4 Å². The maximum Gasteiger partial charge on any atom is 0.164 e. The molecule has 0 aliphatic rings. The summed E-state index contributed by atoms with van der Waals surface area (Å²) < 4.78 is 15.9. The Bertz CT molecular complexity index is 605. The average Bonchev–Trinajstić information content (AvgIpc) is 2.53. The molecule has 0 radical (unpaired) electrons. The number of rotatable bonds is 5. The van der Waals surface area contributed by atoms with Crippen molar-refractivity contribution in [3.05, 3.63) is 53.1 Å². The molecule has 112 valence electrons. The minimum absolute atomic E-state index is 0.555. The summed E-state index contributed by atoms with van der Waals surface area (Å²) in [6.07, 6.45) is -0.791. The van der Waals surface area contributed by atoms with Gasteiger partial charge in [-0.25, -0.2) is 0 Å². The van der Waals surface area contributed by atoms with Crippen molar-refractivity contribution in [1.82, 2.24) is 0 Å². The molecule has 2 aromatic carbocycles. The first-order chi connectivity index (χ1) is 10.1. The maximum absolute atomic E-state index is 10.6. The summed E-state index contributed by atoms with van der Waals surface area (Å²) in [5, 5.41) is 10.6. The predicted octanol–water partition coefficient (Wildman–Crippen LogP) is 3.10. The van der Waals surface area contributed by atoms with Crippen LogP contribution in [-0.4, -0.2) is 26.4 Å². The molecule has 0 aromatic heterocycles. The van der Waals surface area contributed by atoms with Gasteiger partial charge in [0, 0.05) is 11.6 Å². The van der Waals surface area contributed by atoms with Gasteiger partial charge in [-0.2, -0.15) is 0 Å². The van der Waals surface area contributed by atoms with Crippen molar-refractivity contribution >= 4 is 0 Å². The molecular formula is C17H20O4. The van der Waals surface area contributed by atoms with Crippen molar-refractivity contribution in [2.24, 2.45) is 0 Å². The molecule has 0 fully saturated rings. The lowest BCUT2D eigenvalue weighted by atomic mass is 9.99. The van der Waals surface area contributed by atoms with Crippen molar-refractivity contribution in [1.29, 1.82) is 0 Å². The van der Waals surface area contributed by atoms with Gasteiger partial charge < -0.3 is 19.3 Å². The second-order valence-corrected chi connectivity index (χ2v) is 4.76. The van der Waals surface area contributed by atoms with Gasteiger partial charge in [-0.3, -0.25) is 0 Å². The smallest absolute Gasteiger partial charge is 0.164 e. The van der Waals surface area contributed by atoms with Crippen molar-refractivity contribution in [3.63, 3.8) is 0 Å². The van der Waals surface area contributed by atoms with E-state index in [1.54, 1.807) is 33.5 Å². The first-order valence-electron chi connectivity index (χ1n) is 6.65. The van der Waals surface area contributed by atoms with E-state index >= 15 is 0 Å². The van der Waals surface area contributed by atoms with Gasteiger partial charge in [-0.1, -0.05) is 29.8 Å². The third-order valence-electron chi connectivity index (χ3n) is 3.42. The normalized spacial score (nSPS) is 11.9. The number of aliphatic hydroxyl groups excluding tert-OH is 1. The summed E-state index contributed by atoms with van der Waals surface area (Å²) in [6.45, 7) is 2.01. The Morgan fingerprint density at radius 2 is 1.33 bits per heavy atom. The molecule has 1 N–H and O–H groups in total. The Morgan fingerprint density at radius 3 is 1.86 bits per heavy atom. The van der Waals surface area contributed by atoms with Crippen LogP contribution in [0.3, 0.4) is 0 Å². The van der Waals surface area contributed by atoms with Crippen molar-refractivity contribution in [2.75, 3.05) is 21.3 Å². The number of hydrogen-bond donors (Lipinski definition) is 1. The molecule has 2 rings (SSSR count). The highest BCUT2D eigenvalue weighted by molar-refractivity contribution is 5.53. The third kappa shape index (κ3) is 3.11. The molecule has 0 bridgehead atoms. The lowest BCUT2D eigenvalue weighted by Crippen LogP contribution is -2.04. The molecule has 0 saturated heterocycles. The van der Waals surface area contributed by atoms with Gasteiger partial charge in [0.2, 0.25) is 0 Å².